The molecule has 52 valence electrons. The van der Waals surface area contributed by atoms with Crippen LogP contribution in [0.3, 0.4) is 0 Å². The molecule has 0 aromatic carbocycles. The summed E-state index contributed by atoms with van der Waals surface area (Å²) in [5.74, 6) is 0. The molecule has 0 spiro atoms. The largest absolute Gasteiger partial charge is 0.393 e. The van der Waals surface area contributed by atoms with Crippen molar-refractivity contribution in [3.63, 3.8) is 0 Å². The van der Waals surface area contributed by atoms with Gasteiger partial charge in [0.15, 0.2) is 0 Å². The van der Waals surface area contributed by atoms with Gasteiger partial charge >= 0.3 is 0 Å². The van der Waals surface area contributed by atoms with Gasteiger partial charge in [-0.25, -0.2) is 0 Å². The summed E-state index contributed by atoms with van der Waals surface area (Å²) in [5, 5.41) is 8.72. The van der Waals surface area contributed by atoms with Gasteiger partial charge in [-0.2, -0.15) is 0 Å². The van der Waals surface area contributed by atoms with Gasteiger partial charge in [-0.05, 0) is 19.4 Å². The van der Waals surface area contributed by atoms with Crippen molar-refractivity contribution in [2.45, 2.75) is 25.6 Å². The lowest BCUT2D eigenvalue weighted by Gasteiger charge is -1.97. The summed E-state index contributed by atoms with van der Waals surface area (Å²) in [5.41, 5.74) is 0.679. The van der Waals surface area contributed by atoms with Gasteiger partial charge in [-0.15, -0.1) is 0 Å². The maximum Gasteiger partial charge on any atom is 0.119 e. The monoisotopic (exact) mass is 128 g/mol. The van der Waals surface area contributed by atoms with E-state index in [4.69, 9.17) is 9.84 Å². The number of rotatable bonds is 2. The van der Waals surface area contributed by atoms with E-state index in [1.165, 1.54) is 0 Å². The van der Waals surface area contributed by atoms with Gasteiger partial charge < -0.3 is 9.84 Å². The molecule has 2 unspecified atom stereocenters. The van der Waals surface area contributed by atoms with Gasteiger partial charge in [-0.3, -0.25) is 0 Å². The Bertz CT molecular complexity index is 142. The van der Waals surface area contributed by atoms with E-state index >= 15 is 0 Å². The smallest absolute Gasteiger partial charge is 0.119 e. The average Bonchev–Trinajstić information content (AvgIpc) is 2.44. The predicted molar refractivity (Wildman–Crippen MR) is 35.2 cm³/mol. The highest BCUT2D eigenvalue weighted by atomic mass is 16.6. The molecule has 0 amide bonds. The van der Waals surface area contributed by atoms with Gasteiger partial charge in [0.1, 0.15) is 11.7 Å². The fourth-order valence-corrected chi connectivity index (χ4v) is 0.977. The van der Waals surface area contributed by atoms with E-state index in [1.807, 2.05) is 13.8 Å². The average molecular weight is 128 g/mol. The third-order valence-corrected chi connectivity index (χ3v) is 1.65. The summed E-state index contributed by atoms with van der Waals surface area (Å²) in [7, 11) is 0. The van der Waals surface area contributed by atoms with Crippen LogP contribution >= 0.6 is 0 Å². The SMILES string of the molecule is C=C(C)C1OC1(C)CO. The molecule has 1 heterocycles. The number of aliphatic hydroxyl groups excluding tert-OH is 1. The molecule has 1 aliphatic heterocycles. The molecule has 1 N–H and O–H groups in total. The zero-order valence-electron chi connectivity index (χ0n) is 5.85. The van der Waals surface area contributed by atoms with E-state index in [2.05, 4.69) is 6.58 Å². The molecule has 1 rings (SSSR count). The van der Waals surface area contributed by atoms with Crippen LogP contribution in [-0.2, 0) is 4.74 Å². The van der Waals surface area contributed by atoms with E-state index in [1.54, 1.807) is 0 Å². The van der Waals surface area contributed by atoms with Crippen molar-refractivity contribution in [2.75, 3.05) is 6.61 Å². The Morgan fingerprint density at radius 2 is 2.44 bits per heavy atom. The Hall–Kier alpha value is -0.340. The molecule has 0 aromatic rings. The summed E-state index contributed by atoms with van der Waals surface area (Å²) in [6.45, 7) is 7.60. The summed E-state index contributed by atoms with van der Waals surface area (Å²) in [4.78, 5) is 0. The third kappa shape index (κ3) is 1.00. The molecule has 0 saturated carbocycles. The van der Waals surface area contributed by atoms with Crippen molar-refractivity contribution >= 4 is 0 Å². The minimum atomic E-state index is -0.314. The summed E-state index contributed by atoms with van der Waals surface area (Å²) in [6, 6.07) is 0. The highest BCUT2D eigenvalue weighted by molar-refractivity contribution is 5.16. The minimum absolute atomic E-state index is 0.0856. The lowest BCUT2D eigenvalue weighted by Crippen LogP contribution is -2.15. The van der Waals surface area contributed by atoms with Crippen LogP contribution in [-0.4, -0.2) is 23.4 Å². The number of aliphatic hydroxyl groups is 1. The maximum atomic E-state index is 8.72. The van der Waals surface area contributed by atoms with Crippen molar-refractivity contribution < 1.29 is 9.84 Å². The van der Waals surface area contributed by atoms with Crippen LogP contribution < -0.4 is 0 Å². The molecular weight excluding hydrogens is 116 g/mol. The second kappa shape index (κ2) is 1.82. The first-order valence-electron chi connectivity index (χ1n) is 3.04. The van der Waals surface area contributed by atoms with E-state index in [0.29, 0.717) is 0 Å². The molecule has 9 heavy (non-hydrogen) atoms. The zero-order valence-corrected chi connectivity index (χ0v) is 5.85. The van der Waals surface area contributed by atoms with Crippen LogP contribution in [0.1, 0.15) is 13.8 Å². The first-order valence-corrected chi connectivity index (χ1v) is 3.04. The topological polar surface area (TPSA) is 32.8 Å². The fourth-order valence-electron chi connectivity index (χ4n) is 0.977. The number of epoxide rings is 1. The second-order valence-electron chi connectivity index (χ2n) is 2.82. The third-order valence-electron chi connectivity index (χ3n) is 1.65. The van der Waals surface area contributed by atoms with Crippen LogP contribution in [0.25, 0.3) is 0 Å². The fraction of sp³-hybridized carbons (Fsp3) is 0.714. The van der Waals surface area contributed by atoms with Gasteiger partial charge in [0.05, 0.1) is 6.61 Å². The standard InChI is InChI=1S/C7H12O2/c1-5(2)6-7(3,4-8)9-6/h6,8H,1,4H2,2-3H3. The van der Waals surface area contributed by atoms with E-state index in [9.17, 15) is 0 Å². The molecule has 2 nitrogen and oxygen atoms in total. The van der Waals surface area contributed by atoms with Crippen LogP contribution in [0.2, 0.25) is 0 Å². The Morgan fingerprint density at radius 3 is 2.56 bits per heavy atom. The molecule has 1 fully saturated rings. The Kier molecular flexibility index (Phi) is 1.37. The molecule has 0 aromatic heterocycles. The van der Waals surface area contributed by atoms with Crippen LogP contribution in [0.4, 0.5) is 0 Å². The molecule has 0 radical (unpaired) electrons. The van der Waals surface area contributed by atoms with Crippen molar-refractivity contribution in [1.29, 1.82) is 0 Å². The van der Waals surface area contributed by atoms with Crippen LogP contribution in [0.5, 0.6) is 0 Å². The molecule has 0 bridgehead atoms. The molecule has 1 aliphatic rings. The lowest BCUT2D eigenvalue weighted by molar-refractivity contribution is 0.184. The Labute approximate surface area is 55.1 Å². The lowest BCUT2D eigenvalue weighted by atomic mass is 10.1. The number of hydrogen-bond donors (Lipinski definition) is 1. The first kappa shape index (κ1) is 6.78. The van der Waals surface area contributed by atoms with Crippen molar-refractivity contribution in [3.8, 4) is 0 Å². The molecule has 2 heteroatoms. The summed E-state index contributed by atoms with van der Waals surface area (Å²) >= 11 is 0. The highest BCUT2D eigenvalue weighted by Gasteiger charge is 2.52. The quantitative estimate of drug-likeness (QED) is 0.439. The van der Waals surface area contributed by atoms with Gasteiger partial charge in [0, 0.05) is 0 Å². The molecule has 0 aliphatic carbocycles. The first-order chi connectivity index (χ1) is 4.10. The van der Waals surface area contributed by atoms with Crippen LogP contribution in [0.15, 0.2) is 12.2 Å². The number of ether oxygens (including phenoxy) is 1. The summed E-state index contributed by atoms with van der Waals surface area (Å²) in [6.07, 6.45) is 0.0856. The molecular formula is C7H12O2. The normalized spacial score (nSPS) is 40.6. The zero-order chi connectivity index (χ0) is 7.07. The molecule has 2 atom stereocenters. The van der Waals surface area contributed by atoms with Crippen molar-refractivity contribution in [1.82, 2.24) is 0 Å². The van der Waals surface area contributed by atoms with Crippen molar-refractivity contribution in [2.24, 2.45) is 0 Å². The van der Waals surface area contributed by atoms with Crippen LogP contribution in [0, 0.1) is 0 Å². The van der Waals surface area contributed by atoms with E-state index < -0.39 is 0 Å². The Balaban J connectivity index is 2.48. The van der Waals surface area contributed by atoms with E-state index in [0.717, 1.165) is 5.57 Å². The number of hydrogen-bond acceptors (Lipinski definition) is 2. The predicted octanol–water partition coefficient (Wildman–Crippen LogP) is 0.712. The van der Waals surface area contributed by atoms with Crippen molar-refractivity contribution in [3.05, 3.63) is 12.2 Å². The van der Waals surface area contributed by atoms with Gasteiger partial charge in [0.2, 0.25) is 0 Å². The van der Waals surface area contributed by atoms with E-state index in [-0.39, 0.29) is 18.3 Å². The summed E-state index contributed by atoms with van der Waals surface area (Å²) < 4.78 is 5.17. The minimum Gasteiger partial charge on any atom is -0.393 e. The van der Waals surface area contributed by atoms with Gasteiger partial charge in [0.25, 0.3) is 0 Å². The highest BCUT2D eigenvalue weighted by Crippen LogP contribution is 2.39. The van der Waals surface area contributed by atoms with Gasteiger partial charge in [-0.1, -0.05) is 6.58 Å². The Morgan fingerprint density at radius 1 is 1.89 bits per heavy atom. The molecule has 1 saturated heterocycles. The second-order valence-corrected chi connectivity index (χ2v) is 2.82. The maximum absolute atomic E-state index is 8.72.